The number of anilines is 1. The fraction of sp³-hybridized carbons (Fsp3) is 0.0909. The van der Waals surface area contributed by atoms with Crippen LogP contribution in [0.25, 0.3) is 22.2 Å². The van der Waals surface area contributed by atoms with E-state index in [9.17, 15) is 4.79 Å². The first-order valence-electron chi connectivity index (χ1n) is 8.68. The third kappa shape index (κ3) is 3.88. The number of amides is 1. The predicted molar refractivity (Wildman–Crippen MR) is 110 cm³/mol. The highest BCUT2D eigenvalue weighted by Crippen LogP contribution is 2.30. The Morgan fingerprint density at radius 3 is 2.48 bits per heavy atom. The van der Waals surface area contributed by atoms with Crippen molar-refractivity contribution < 1.29 is 9.21 Å². The maximum absolute atomic E-state index is 12.7. The minimum Gasteiger partial charge on any atom is -0.431 e. The lowest BCUT2D eigenvalue weighted by Gasteiger charge is -2.14. The number of para-hydroxylation sites is 3. The zero-order valence-corrected chi connectivity index (χ0v) is 15.6. The lowest BCUT2D eigenvalue weighted by molar-refractivity contribution is -0.115. The molecule has 1 atom stereocenters. The van der Waals surface area contributed by atoms with E-state index in [1.807, 2.05) is 85.8 Å². The van der Waals surface area contributed by atoms with Gasteiger partial charge in [0, 0.05) is 11.3 Å². The molecule has 3 aromatic carbocycles. The van der Waals surface area contributed by atoms with Gasteiger partial charge in [-0.1, -0.05) is 72.4 Å². The van der Waals surface area contributed by atoms with Gasteiger partial charge in [0.1, 0.15) is 5.52 Å². The number of oxazole rings is 1. The maximum atomic E-state index is 12.7. The Labute approximate surface area is 161 Å². The van der Waals surface area contributed by atoms with Crippen LogP contribution in [0.1, 0.15) is 6.92 Å². The molecule has 0 saturated heterocycles. The van der Waals surface area contributed by atoms with Crippen LogP contribution < -0.4 is 5.32 Å². The SMILES string of the molecule is C[C@@H](Sc1nc2ccccc2o1)C(=O)Nc1ccccc1-c1ccccc1. The molecule has 4 nitrogen and oxygen atoms in total. The third-order valence-electron chi connectivity index (χ3n) is 4.19. The highest BCUT2D eigenvalue weighted by molar-refractivity contribution is 8.00. The number of nitrogens with one attached hydrogen (secondary N) is 1. The van der Waals surface area contributed by atoms with Gasteiger partial charge in [0.2, 0.25) is 5.91 Å². The second-order valence-corrected chi connectivity index (χ2v) is 7.40. The number of aromatic nitrogens is 1. The highest BCUT2D eigenvalue weighted by atomic mass is 32.2. The normalized spacial score (nSPS) is 12.0. The molecule has 0 radical (unpaired) electrons. The van der Waals surface area contributed by atoms with Crippen molar-refractivity contribution in [1.29, 1.82) is 0 Å². The molecule has 0 saturated carbocycles. The molecule has 0 spiro atoms. The monoisotopic (exact) mass is 374 g/mol. The lowest BCUT2D eigenvalue weighted by atomic mass is 10.0. The molecular weight excluding hydrogens is 356 g/mol. The van der Waals surface area contributed by atoms with E-state index in [0.29, 0.717) is 5.22 Å². The van der Waals surface area contributed by atoms with E-state index in [1.165, 1.54) is 11.8 Å². The van der Waals surface area contributed by atoms with Crippen LogP contribution in [0.15, 0.2) is 88.5 Å². The molecular formula is C22H18N2O2S. The Balaban J connectivity index is 1.50. The molecule has 5 heteroatoms. The number of nitrogens with zero attached hydrogens (tertiary/aromatic N) is 1. The van der Waals surface area contributed by atoms with Crippen molar-refractivity contribution in [1.82, 2.24) is 4.98 Å². The van der Waals surface area contributed by atoms with E-state index in [1.54, 1.807) is 0 Å². The zero-order chi connectivity index (χ0) is 18.6. The second kappa shape index (κ2) is 7.68. The van der Waals surface area contributed by atoms with Crippen molar-refractivity contribution in [2.75, 3.05) is 5.32 Å². The molecule has 1 N–H and O–H groups in total. The van der Waals surface area contributed by atoms with E-state index in [4.69, 9.17) is 4.42 Å². The van der Waals surface area contributed by atoms with Gasteiger partial charge in [0.05, 0.1) is 5.25 Å². The summed E-state index contributed by atoms with van der Waals surface area (Å²) in [7, 11) is 0. The van der Waals surface area contributed by atoms with Crippen LogP contribution in [0.2, 0.25) is 0 Å². The van der Waals surface area contributed by atoms with Crippen LogP contribution in [0, 0.1) is 0 Å². The summed E-state index contributed by atoms with van der Waals surface area (Å²) in [6.45, 7) is 1.85. The van der Waals surface area contributed by atoms with Crippen LogP contribution in [0.3, 0.4) is 0 Å². The van der Waals surface area contributed by atoms with Gasteiger partial charge in [0.25, 0.3) is 5.22 Å². The van der Waals surface area contributed by atoms with Crippen molar-refractivity contribution in [3.63, 3.8) is 0 Å². The second-order valence-electron chi connectivity index (χ2n) is 6.11. The fourth-order valence-corrected chi connectivity index (χ4v) is 3.56. The largest absolute Gasteiger partial charge is 0.431 e. The fourth-order valence-electron chi connectivity index (χ4n) is 2.80. The molecule has 1 aromatic heterocycles. The van der Waals surface area contributed by atoms with Gasteiger partial charge >= 0.3 is 0 Å². The van der Waals surface area contributed by atoms with Crippen molar-refractivity contribution >= 4 is 34.5 Å². The van der Waals surface area contributed by atoms with Crippen molar-refractivity contribution in [3.05, 3.63) is 78.9 Å². The topological polar surface area (TPSA) is 55.1 Å². The highest BCUT2D eigenvalue weighted by Gasteiger charge is 2.19. The van der Waals surface area contributed by atoms with Crippen LogP contribution in [-0.4, -0.2) is 16.1 Å². The van der Waals surface area contributed by atoms with Crippen LogP contribution in [0.5, 0.6) is 0 Å². The predicted octanol–water partition coefficient (Wildman–Crippen LogP) is 5.61. The van der Waals surface area contributed by atoms with Crippen LogP contribution in [0.4, 0.5) is 5.69 Å². The van der Waals surface area contributed by atoms with Gasteiger partial charge in [-0.05, 0) is 30.7 Å². The Morgan fingerprint density at radius 2 is 1.67 bits per heavy atom. The summed E-state index contributed by atoms with van der Waals surface area (Å²) in [5, 5.41) is 3.18. The van der Waals surface area contributed by atoms with E-state index < -0.39 is 0 Å². The number of thioether (sulfide) groups is 1. The number of carbonyl (C=O) groups is 1. The molecule has 1 heterocycles. The van der Waals surface area contributed by atoms with E-state index in [2.05, 4.69) is 10.3 Å². The average molecular weight is 374 g/mol. The average Bonchev–Trinajstić information content (AvgIpc) is 3.11. The standard InChI is InChI=1S/C22H18N2O2S/c1-15(27-22-24-19-13-7-8-14-20(19)26-22)21(25)23-18-12-6-5-11-17(18)16-9-3-2-4-10-16/h2-15H,1H3,(H,23,25)/t15-/m1/s1. The summed E-state index contributed by atoms with van der Waals surface area (Å²) in [6.07, 6.45) is 0. The maximum Gasteiger partial charge on any atom is 0.257 e. The van der Waals surface area contributed by atoms with Crippen LogP contribution in [-0.2, 0) is 4.79 Å². The van der Waals surface area contributed by atoms with Gasteiger partial charge in [-0.15, -0.1) is 0 Å². The summed E-state index contributed by atoms with van der Waals surface area (Å²) in [5.41, 5.74) is 4.36. The number of hydrogen-bond donors (Lipinski definition) is 1. The first-order valence-corrected chi connectivity index (χ1v) is 9.56. The van der Waals surface area contributed by atoms with E-state index in [-0.39, 0.29) is 11.2 Å². The molecule has 1 amide bonds. The van der Waals surface area contributed by atoms with Gasteiger partial charge in [0.15, 0.2) is 5.58 Å². The Kier molecular flexibility index (Phi) is 4.94. The van der Waals surface area contributed by atoms with Gasteiger partial charge < -0.3 is 9.73 Å². The molecule has 0 unspecified atom stereocenters. The van der Waals surface area contributed by atoms with E-state index >= 15 is 0 Å². The molecule has 0 aliphatic rings. The minimum atomic E-state index is -0.345. The Hall–Kier alpha value is -3.05. The Bertz CT molecular complexity index is 1040. The summed E-state index contributed by atoms with van der Waals surface area (Å²) in [5.74, 6) is -0.0920. The molecule has 0 aliphatic carbocycles. The number of hydrogen-bond acceptors (Lipinski definition) is 4. The first-order chi connectivity index (χ1) is 13.2. The molecule has 4 rings (SSSR count). The minimum absolute atomic E-state index is 0.0920. The number of fused-ring (bicyclic) bond motifs is 1. The number of benzene rings is 3. The first kappa shape index (κ1) is 17.4. The molecule has 134 valence electrons. The number of rotatable bonds is 5. The smallest absolute Gasteiger partial charge is 0.257 e. The van der Waals surface area contributed by atoms with E-state index in [0.717, 1.165) is 27.9 Å². The van der Waals surface area contributed by atoms with Crippen molar-refractivity contribution in [2.45, 2.75) is 17.4 Å². The van der Waals surface area contributed by atoms with Crippen molar-refractivity contribution in [2.24, 2.45) is 0 Å². The quantitative estimate of drug-likeness (QED) is 0.461. The lowest BCUT2D eigenvalue weighted by Crippen LogP contribution is -2.22. The number of carbonyl (C=O) groups excluding carboxylic acids is 1. The summed E-state index contributed by atoms with van der Waals surface area (Å²) in [4.78, 5) is 17.1. The van der Waals surface area contributed by atoms with Gasteiger partial charge in [-0.3, -0.25) is 4.79 Å². The summed E-state index contributed by atoms with van der Waals surface area (Å²) < 4.78 is 5.70. The zero-order valence-electron chi connectivity index (χ0n) is 14.8. The summed E-state index contributed by atoms with van der Waals surface area (Å²) in [6, 6.07) is 25.4. The summed E-state index contributed by atoms with van der Waals surface area (Å²) >= 11 is 1.31. The Morgan fingerprint density at radius 1 is 0.963 bits per heavy atom. The van der Waals surface area contributed by atoms with Crippen molar-refractivity contribution in [3.8, 4) is 11.1 Å². The molecule has 4 aromatic rings. The molecule has 27 heavy (non-hydrogen) atoms. The van der Waals surface area contributed by atoms with Gasteiger partial charge in [-0.25, -0.2) is 4.98 Å². The molecule has 0 aliphatic heterocycles. The van der Waals surface area contributed by atoms with Crippen LogP contribution >= 0.6 is 11.8 Å². The third-order valence-corrected chi connectivity index (χ3v) is 5.13. The molecule has 0 bridgehead atoms. The van der Waals surface area contributed by atoms with Gasteiger partial charge in [-0.2, -0.15) is 0 Å². The molecule has 0 fully saturated rings.